The fourth-order valence-corrected chi connectivity index (χ4v) is 3.71. The topological polar surface area (TPSA) is 80.0 Å². The number of rotatable bonds is 7. The van der Waals surface area contributed by atoms with Crippen LogP contribution in [-0.4, -0.2) is 46.3 Å². The Morgan fingerprint density at radius 2 is 2.27 bits per heavy atom. The molecule has 8 heteroatoms. The maximum absolute atomic E-state index is 11.5. The lowest BCUT2D eigenvalue weighted by molar-refractivity contribution is 0.111. The molecule has 0 spiro atoms. The Morgan fingerprint density at radius 1 is 1.46 bits per heavy atom. The number of aromatic nitrogens is 2. The Labute approximate surface area is 155 Å². The first-order valence-corrected chi connectivity index (χ1v) is 8.81. The van der Waals surface area contributed by atoms with Gasteiger partial charge in [0.15, 0.2) is 11.9 Å². The van der Waals surface area contributed by atoms with E-state index in [1.54, 1.807) is 29.9 Å². The molecule has 0 amide bonds. The molecule has 0 bridgehead atoms. The number of ether oxygens (including phenoxy) is 1. The number of methoxy groups -OCH3 is 1. The van der Waals surface area contributed by atoms with Gasteiger partial charge in [-0.15, -0.1) is 11.3 Å². The van der Waals surface area contributed by atoms with E-state index in [-0.39, 0.29) is 6.61 Å². The first kappa shape index (κ1) is 18.1. The Balaban J connectivity index is 1.87. The van der Waals surface area contributed by atoms with E-state index in [4.69, 9.17) is 4.74 Å². The zero-order chi connectivity index (χ0) is 18.7. The van der Waals surface area contributed by atoms with Crippen molar-refractivity contribution in [2.75, 3.05) is 14.2 Å². The van der Waals surface area contributed by atoms with Crippen LogP contribution in [0.2, 0.25) is 0 Å². The van der Waals surface area contributed by atoms with Gasteiger partial charge in [-0.2, -0.15) is 5.10 Å². The highest BCUT2D eigenvalue weighted by Gasteiger charge is 2.18. The number of hydrazone groups is 1. The van der Waals surface area contributed by atoms with E-state index in [0.717, 1.165) is 22.3 Å². The third-order valence-electron chi connectivity index (χ3n) is 4.03. The van der Waals surface area contributed by atoms with Crippen molar-refractivity contribution in [3.63, 3.8) is 0 Å². The van der Waals surface area contributed by atoms with Crippen LogP contribution in [0, 0.1) is 0 Å². The first-order chi connectivity index (χ1) is 12.6. The molecule has 3 aromatic rings. The lowest BCUT2D eigenvalue weighted by Gasteiger charge is -2.13. The van der Waals surface area contributed by atoms with Crippen molar-refractivity contribution in [1.29, 1.82) is 0 Å². The van der Waals surface area contributed by atoms with E-state index in [0.29, 0.717) is 28.5 Å². The van der Waals surface area contributed by atoms with Gasteiger partial charge in [0.25, 0.3) is 0 Å². The van der Waals surface area contributed by atoms with Crippen molar-refractivity contribution in [1.82, 2.24) is 14.6 Å². The molecule has 0 aliphatic heterocycles. The summed E-state index contributed by atoms with van der Waals surface area (Å²) in [5.74, 6) is 0.800. The smallest absolute Gasteiger partial charge is 0.167 e. The number of thiazole rings is 1. The van der Waals surface area contributed by atoms with Crippen LogP contribution in [0.25, 0.3) is 10.3 Å². The molecule has 1 aromatic carbocycles. The Hall–Kier alpha value is -2.71. The van der Waals surface area contributed by atoms with Gasteiger partial charge >= 0.3 is 0 Å². The summed E-state index contributed by atoms with van der Waals surface area (Å²) in [4.78, 5) is 15.9. The van der Waals surface area contributed by atoms with E-state index in [1.165, 1.54) is 11.3 Å². The summed E-state index contributed by atoms with van der Waals surface area (Å²) in [5.41, 5.74) is 2.98. The number of carbonyl (C=O) groups excluding carboxylic acids is 1. The molecule has 0 saturated heterocycles. The molecular weight excluding hydrogens is 352 g/mol. The van der Waals surface area contributed by atoms with E-state index in [9.17, 15) is 9.90 Å². The highest BCUT2D eigenvalue weighted by atomic mass is 32.1. The Morgan fingerprint density at radius 3 is 2.96 bits per heavy atom. The normalized spacial score (nSPS) is 11.4. The van der Waals surface area contributed by atoms with Crippen molar-refractivity contribution in [2.45, 2.75) is 13.2 Å². The lowest BCUT2D eigenvalue weighted by atomic mass is 10.2. The number of benzene rings is 1. The van der Waals surface area contributed by atoms with Crippen molar-refractivity contribution in [3.05, 3.63) is 46.1 Å². The second kappa shape index (κ2) is 7.67. The third-order valence-corrected chi connectivity index (χ3v) is 5.09. The predicted molar refractivity (Wildman–Crippen MR) is 102 cm³/mol. The SMILES string of the molecule is COc1cccc(CN(C)/N=C\c2c(C=O)n(C)c3nc(CO)sc23)c1. The molecule has 1 N–H and O–H groups in total. The van der Waals surface area contributed by atoms with Gasteiger partial charge in [0, 0.05) is 19.7 Å². The minimum absolute atomic E-state index is 0.123. The molecule has 0 unspecified atom stereocenters. The zero-order valence-corrected chi connectivity index (χ0v) is 15.7. The molecule has 2 aromatic heterocycles. The molecule has 26 heavy (non-hydrogen) atoms. The van der Waals surface area contributed by atoms with Gasteiger partial charge in [-0.25, -0.2) is 4.98 Å². The number of hydrogen-bond acceptors (Lipinski definition) is 7. The number of carbonyl (C=O) groups is 1. The quantitative estimate of drug-likeness (QED) is 0.391. The summed E-state index contributed by atoms with van der Waals surface area (Å²) in [7, 11) is 5.28. The van der Waals surface area contributed by atoms with Gasteiger partial charge in [0.2, 0.25) is 0 Å². The number of aliphatic hydroxyl groups excluding tert-OH is 1. The summed E-state index contributed by atoms with van der Waals surface area (Å²) in [6.45, 7) is 0.479. The molecular formula is C18H20N4O3S. The maximum atomic E-state index is 11.5. The minimum atomic E-state index is -0.123. The average Bonchev–Trinajstić information content (AvgIpc) is 3.18. The monoisotopic (exact) mass is 372 g/mol. The van der Waals surface area contributed by atoms with Crippen LogP contribution >= 0.6 is 11.3 Å². The molecule has 0 atom stereocenters. The number of nitrogens with zero attached hydrogens (tertiary/aromatic N) is 4. The summed E-state index contributed by atoms with van der Waals surface area (Å²) in [5, 5.41) is 16.2. The number of aryl methyl sites for hydroxylation is 1. The molecule has 136 valence electrons. The van der Waals surface area contributed by atoms with E-state index in [1.807, 2.05) is 31.3 Å². The zero-order valence-electron chi connectivity index (χ0n) is 14.8. The molecule has 0 saturated carbocycles. The lowest BCUT2D eigenvalue weighted by Crippen LogP contribution is -2.11. The largest absolute Gasteiger partial charge is 0.497 e. The van der Waals surface area contributed by atoms with E-state index < -0.39 is 0 Å². The van der Waals surface area contributed by atoms with Crippen LogP contribution < -0.4 is 4.74 Å². The van der Waals surface area contributed by atoms with Gasteiger partial charge < -0.3 is 14.4 Å². The van der Waals surface area contributed by atoms with Crippen LogP contribution in [-0.2, 0) is 20.2 Å². The maximum Gasteiger partial charge on any atom is 0.167 e. The predicted octanol–water partition coefficient (Wildman–Crippen LogP) is 2.41. The highest BCUT2D eigenvalue weighted by Crippen LogP contribution is 2.29. The summed E-state index contributed by atoms with van der Waals surface area (Å²) < 4.78 is 7.80. The number of aldehydes is 1. The fraction of sp³-hybridized carbons (Fsp3) is 0.278. The fourth-order valence-electron chi connectivity index (χ4n) is 2.74. The van der Waals surface area contributed by atoms with Crippen molar-refractivity contribution in [2.24, 2.45) is 12.1 Å². The molecule has 3 rings (SSSR count). The Kier molecular flexibility index (Phi) is 5.34. The van der Waals surface area contributed by atoms with Gasteiger partial charge in [-0.05, 0) is 17.7 Å². The van der Waals surface area contributed by atoms with Crippen LogP contribution in [0.5, 0.6) is 5.75 Å². The Bertz CT molecular complexity index is 961. The van der Waals surface area contributed by atoms with Gasteiger partial charge in [-0.3, -0.25) is 9.80 Å². The molecule has 2 heterocycles. The molecule has 0 radical (unpaired) electrons. The summed E-state index contributed by atoms with van der Waals surface area (Å²) in [6.07, 6.45) is 2.47. The van der Waals surface area contributed by atoms with Crippen molar-refractivity contribution >= 4 is 34.2 Å². The molecule has 7 nitrogen and oxygen atoms in total. The van der Waals surface area contributed by atoms with Crippen LogP contribution in [0.15, 0.2) is 29.4 Å². The number of fused-ring (bicyclic) bond motifs is 1. The second-order valence-electron chi connectivity index (χ2n) is 5.81. The van der Waals surface area contributed by atoms with Crippen molar-refractivity contribution < 1.29 is 14.6 Å². The number of aliphatic hydroxyl groups is 1. The van der Waals surface area contributed by atoms with Gasteiger partial charge in [-0.1, -0.05) is 12.1 Å². The van der Waals surface area contributed by atoms with Gasteiger partial charge in [0.05, 0.1) is 36.9 Å². The summed E-state index contributed by atoms with van der Waals surface area (Å²) >= 11 is 1.37. The number of hydrogen-bond donors (Lipinski definition) is 1. The summed E-state index contributed by atoms with van der Waals surface area (Å²) in [6, 6.07) is 7.79. The molecule has 0 aliphatic carbocycles. The first-order valence-electron chi connectivity index (χ1n) is 7.99. The van der Waals surface area contributed by atoms with E-state index >= 15 is 0 Å². The van der Waals surface area contributed by atoms with Crippen molar-refractivity contribution in [3.8, 4) is 5.75 Å². The molecule has 0 fully saturated rings. The van der Waals surface area contributed by atoms with Crippen LogP contribution in [0.1, 0.15) is 26.6 Å². The average molecular weight is 372 g/mol. The van der Waals surface area contributed by atoms with Gasteiger partial charge in [0.1, 0.15) is 10.8 Å². The second-order valence-corrected chi connectivity index (χ2v) is 6.89. The highest BCUT2D eigenvalue weighted by molar-refractivity contribution is 7.19. The standard InChI is InChI=1S/C18H20N4O3S/c1-21(9-12-5-4-6-13(7-12)25-3)19-8-14-15(10-23)22(2)18-17(14)26-16(11-24)20-18/h4-8,10,24H,9,11H2,1-3H3/b19-8-. The molecule has 0 aliphatic rings. The van der Waals surface area contributed by atoms with Crippen LogP contribution in [0.3, 0.4) is 0 Å². The van der Waals surface area contributed by atoms with Crippen LogP contribution in [0.4, 0.5) is 0 Å². The third kappa shape index (κ3) is 3.47. The van der Waals surface area contributed by atoms with E-state index in [2.05, 4.69) is 10.1 Å². The minimum Gasteiger partial charge on any atom is -0.497 e.